The molecule has 2 aliphatic carbocycles. The SMILES string of the molecule is Cn1cc2cc(-c3ccc(C4(C)CC4C(=O)C4CCC4)c(F)c3)cnc2n1. The fourth-order valence-electron chi connectivity index (χ4n) is 4.40. The first kappa shape index (κ1) is 16.6. The number of hydrogen-bond donors (Lipinski definition) is 0. The lowest BCUT2D eigenvalue weighted by Gasteiger charge is -2.25. The average Bonchev–Trinajstić information content (AvgIpc) is 3.13. The second kappa shape index (κ2) is 5.72. The predicted molar refractivity (Wildman–Crippen MR) is 102 cm³/mol. The van der Waals surface area contributed by atoms with E-state index >= 15 is 0 Å². The highest BCUT2D eigenvalue weighted by molar-refractivity contribution is 5.89. The molecule has 5 rings (SSSR count). The van der Waals surface area contributed by atoms with E-state index in [-0.39, 0.29) is 23.1 Å². The molecular weight excluding hydrogens is 341 g/mol. The fourth-order valence-corrected chi connectivity index (χ4v) is 4.40. The van der Waals surface area contributed by atoms with Crippen LogP contribution in [0.3, 0.4) is 0 Å². The van der Waals surface area contributed by atoms with Gasteiger partial charge >= 0.3 is 0 Å². The maximum absolute atomic E-state index is 15.0. The maximum Gasteiger partial charge on any atom is 0.181 e. The number of halogens is 1. The number of rotatable bonds is 4. The molecule has 0 aliphatic heterocycles. The first-order chi connectivity index (χ1) is 13.0. The summed E-state index contributed by atoms with van der Waals surface area (Å²) in [6.07, 6.45) is 7.57. The van der Waals surface area contributed by atoms with Gasteiger partial charge in [-0.05, 0) is 42.5 Å². The summed E-state index contributed by atoms with van der Waals surface area (Å²) >= 11 is 0. The smallest absolute Gasteiger partial charge is 0.181 e. The van der Waals surface area contributed by atoms with Crippen molar-refractivity contribution in [1.29, 1.82) is 0 Å². The van der Waals surface area contributed by atoms with Crippen LogP contribution in [0.25, 0.3) is 22.2 Å². The van der Waals surface area contributed by atoms with Crippen LogP contribution >= 0.6 is 0 Å². The van der Waals surface area contributed by atoms with E-state index in [1.807, 2.05) is 38.4 Å². The number of aryl methyl sites for hydroxylation is 1. The molecule has 5 heteroatoms. The van der Waals surface area contributed by atoms with Gasteiger partial charge in [0, 0.05) is 47.6 Å². The molecule has 2 fully saturated rings. The van der Waals surface area contributed by atoms with E-state index in [9.17, 15) is 9.18 Å². The lowest BCUT2D eigenvalue weighted by Crippen LogP contribution is -2.26. The zero-order valence-electron chi connectivity index (χ0n) is 15.6. The molecule has 0 bridgehead atoms. The lowest BCUT2D eigenvalue weighted by atomic mass is 9.78. The molecule has 0 N–H and O–H groups in total. The maximum atomic E-state index is 15.0. The highest BCUT2D eigenvalue weighted by Crippen LogP contribution is 2.57. The van der Waals surface area contributed by atoms with Crippen molar-refractivity contribution in [3.8, 4) is 11.1 Å². The number of pyridine rings is 1. The van der Waals surface area contributed by atoms with Crippen molar-refractivity contribution in [2.45, 2.75) is 38.0 Å². The molecule has 0 saturated heterocycles. The first-order valence-electron chi connectivity index (χ1n) is 9.59. The number of Topliss-reactive ketones (excluding diaryl/α,β-unsaturated/α-hetero) is 1. The summed E-state index contributed by atoms with van der Waals surface area (Å²) in [5.41, 5.74) is 2.66. The molecule has 27 heavy (non-hydrogen) atoms. The van der Waals surface area contributed by atoms with E-state index < -0.39 is 0 Å². The Balaban J connectivity index is 1.44. The van der Waals surface area contributed by atoms with Crippen molar-refractivity contribution in [2.24, 2.45) is 18.9 Å². The monoisotopic (exact) mass is 363 g/mol. The molecule has 0 radical (unpaired) electrons. The topological polar surface area (TPSA) is 47.8 Å². The summed E-state index contributed by atoms with van der Waals surface area (Å²) in [4.78, 5) is 16.9. The van der Waals surface area contributed by atoms with Gasteiger partial charge in [0.1, 0.15) is 11.6 Å². The van der Waals surface area contributed by atoms with Gasteiger partial charge in [-0.2, -0.15) is 5.10 Å². The quantitative estimate of drug-likeness (QED) is 0.689. The number of fused-ring (bicyclic) bond motifs is 1. The van der Waals surface area contributed by atoms with Crippen molar-refractivity contribution >= 4 is 16.8 Å². The van der Waals surface area contributed by atoms with E-state index in [0.717, 1.165) is 42.2 Å². The molecule has 138 valence electrons. The van der Waals surface area contributed by atoms with E-state index in [1.165, 1.54) is 0 Å². The second-order valence-electron chi connectivity index (χ2n) is 8.34. The Kier molecular flexibility index (Phi) is 3.51. The van der Waals surface area contributed by atoms with E-state index in [2.05, 4.69) is 10.1 Å². The number of aromatic nitrogens is 3. The standard InChI is InChI=1S/C22H22FN3O/c1-22(10-18(22)20(27)13-4-3-5-13)17-7-6-14(9-19(17)23)15-8-16-12-26(2)25-21(16)24-11-15/h6-9,11-13,18H,3-5,10H2,1-2H3. The third kappa shape index (κ3) is 2.59. The molecule has 2 atom stereocenters. The molecule has 3 aromatic rings. The van der Waals surface area contributed by atoms with Crippen LogP contribution in [0.2, 0.25) is 0 Å². The molecule has 2 heterocycles. The second-order valence-corrected chi connectivity index (χ2v) is 8.34. The Morgan fingerprint density at radius 3 is 2.78 bits per heavy atom. The molecule has 4 nitrogen and oxygen atoms in total. The number of hydrogen-bond acceptors (Lipinski definition) is 3. The van der Waals surface area contributed by atoms with Gasteiger partial charge in [0.05, 0.1) is 0 Å². The summed E-state index contributed by atoms with van der Waals surface area (Å²) in [5.74, 6) is 0.316. The van der Waals surface area contributed by atoms with Crippen LogP contribution in [0, 0.1) is 17.7 Å². The van der Waals surface area contributed by atoms with E-state index in [0.29, 0.717) is 17.0 Å². The Labute approximate surface area is 157 Å². The molecule has 2 saturated carbocycles. The normalized spacial score (nSPS) is 24.8. The fraction of sp³-hybridized carbons (Fsp3) is 0.409. The average molecular weight is 363 g/mol. The minimum Gasteiger partial charge on any atom is -0.299 e. The minimum absolute atomic E-state index is 0.0171. The summed E-state index contributed by atoms with van der Waals surface area (Å²) in [6.45, 7) is 2.02. The van der Waals surface area contributed by atoms with Crippen LogP contribution in [0.5, 0.6) is 0 Å². The van der Waals surface area contributed by atoms with E-state index in [4.69, 9.17) is 0 Å². The van der Waals surface area contributed by atoms with Crippen LogP contribution in [0.4, 0.5) is 4.39 Å². The number of carbonyl (C=O) groups excluding carboxylic acids is 1. The van der Waals surface area contributed by atoms with Crippen molar-refractivity contribution in [1.82, 2.24) is 14.8 Å². The lowest BCUT2D eigenvalue weighted by molar-refractivity contribution is -0.126. The number of carbonyl (C=O) groups is 1. The van der Waals surface area contributed by atoms with Crippen molar-refractivity contribution < 1.29 is 9.18 Å². The van der Waals surface area contributed by atoms with E-state index in [1.54, 1.807) is 16.9 Å². The van der Waals surface area contributed by atoms with Crippen LogP contribution < -0.4 is 0 Å². The van der Waals surface area contributed by atoms with Crippen molar-refractivity contribution in [3.63, 3.8) is 0 Å². The Hall–Kier alpha value is -2.56. The number of nitrogens with zero attached hydrogens (tertiary/aromatic N) is 3. The molecular formula is C22H22FN3O. The zero-order valence-corrected chi connectivity index (χ0v) is 15.6. The summed E-state index contributed by atoms with van der Waals surface area (Å²) in [6, 6.07) is 7.34. The van der Waals surface area contributed by atoms with Crippen LogP contribution in [0.1, 0.15) is 38.2 Å². The number of benzene rings is 1. The zero-order chi connectivity index (χ0) is 18.8. The van der Waals surface area contributed by atoms with Gasteiger partial charge in [-0.15, -0.1) is 0 Å². The number of ketones is 1. The van der Waals surface area contributed by atoms with Gasteiger partial charge in [-0.3, -0.25) is 9.48 Å². The van der Waals surface area contributed by atoms with Crippen molar-refractivity contribution in [3.05, 3.63) is 48.0 Å². The molecule has 2 aliphatic rings. The Morgan fingerprint density at radius 1 is 1.26 bits per heavy atom. The highest BCUT2D eigenvalue weighted by atomic mass is 19.1. The molecule has 2 unspecified atom stereocenters. The predicted octanol–water partition coefficient (Wildman–Crippen LogP) is 4.42. The van der Waals surface area contributed by atoms with Gasteiger partial charge in [0.15, 0.2) is 5.65 Å². The van der Waals surface area contributed by atoms with Gasteiger partial charge in [-0.1, -0.05) is 25.5 Å². The summed E-state index contributed by atoms with van der Waals surface area (Å²) in [7, 11) is 1.85. The molecule has 0 amide bonds. The first-order valence-corrected chi connectivity index (χ1v) is 9.59. The summed E-state index contributed by atoms with van der Waals surface area (Å²) < 4.78 is 16.7. The minimum atomic E-state index is -0.346. The van der Waals surface area contributed by atoms with Gasteiger partial charge in [0.2, 0.25) is 0 Å². The van der Waals surface area contributed by atoms with Gasteiger partial charge in [-0.25, -0.2) is 9.37 Å². The van der Waals surface area contributed by atoms with Crippen LogP contribution in [-0.2, 0) is 17.3 Å². The third-order valence-electron chi connectivity index (χ3n) is 6.48. The molecule has 2 aromatic heterocycles. The van der Waals surface area contributed by atoms with Crippen molar-refractivity contribution in [2.75, 3.05) is 0 Å². The summed E-state index contributed by atoms with van der Waals surface area (Å²) in [5, 5.41) is 5.20. The van der Waals surface area contributed by atoms with Crippen LogP contribution in [0.15, 0.2) is 36.7 Å². The molecule has 1 aromatic carbocycles. The largest absolute Gasteiger partial charge is 0.299 e. The Morgan fingerprint density at radius 2 is 2.07 bits per heavy atom. The Bertz CT molecular complexity index is 1070. The van der Waals surface area contributed by atoms with Crippen LogP contribution in [-0.4, -0.2) is 20.5 Å². The third-order valence-corrected chi connectivity index (χ3v) is 6.48. The van der Waals surface area contributed by atoms with Gasteiger partial charge < -0.3 is 0 Å². The highest BCUT2D eigenvalue weighted by Gasteiger charge is 2.57. The molecule has 0 spiro atoms. The van der Waals surface area contributed by atoms with Gasteiger partial charge in [0.25, 0.3) is 0 Å².